The first kappa shape index (κ1) is 25.1. The number of fused-ring (bicyclic) bond motifs is 4. The number of anilines is 2. The van der Waals surface area contributed by atoms with Gasteiger partial charge in [-0.25, -0.2) is 24.3 Å². The maximum atomic E-state index is 15.6. The van der Waals surface area contributed by atoms with Crippen LogP contribution in [-0.2, 0) is 11.8 Å². The quantitative estimate of drug-likeness (QED) is 0.268. The van der Waals surface area contributed by atoms with E-state index in [4.69, 9.17) is 9.72 Å². The lowest BCUT2D eigenvalue weighted by Crippen LogP contribution is -2.38. The van der Waals surface area contributed by atoms with Gasteiger partial charge in [0.05, 0.1) is 28.6 Å². The third kappa shape index (κ3) is 4.26. The van der Waals surface area contributed by atoms with E-state index in [2.05, 4.69) is 26.8 Å². The highest BCUT2D eigenvalue weighted by Gasteiger charge is 2.46. The Labute approximate surface area is 235 Å². The molecule has 1 aliphatic heterocycles. The van der Waals surface area contributed by atoms with Crippen molar-refractivity contribution in [2.45, 2.75) is 31.7 Å². The Kier molecular flexibility index (Phi) is 5.92. The Morgan fingerprint density at radius 3 is 2.80 bits per heavy atom. The highest BCUT2D eigenvalue weighted by atomic mass is 19.1. The van der Waals surface area contributed by atoms with Gasteiger partial charge < -0.3 is 19.5 Å². The fourth-order valence-electron chi connectivity index (χ4n) is 6.26. The van der Waals surface area contributed by atoms with Crippen molar-refractivity contribution < 1.29 is 13.9 Å². The minimum Gasteiger partial charge on any atom is -0.457 e. The number of likely N-dealkylation sites (tertiary alicyclic amines) is 1. The van der Waals surface area contributed by atoms with Gasteiger partial charge in [0.15, 0.2) is 11.6 Å². The summed E-state index contributed by atoms with van der Waals surface area (Å²) in [6.45, 7) is 6.02. The molecule has 0 radical (unpaired) electrons. The molecule has 1 saturated heterocycles. The number of hydrogen-bond acceptors (Lipinski definition) is 7. The molecule has 3 atom stereocenters. The predicted molar refractivity (Wildman–Crippen MR) is 154 cm³/mol. The summed E-state index contributed by atoms with van der Waals surface area (Å²) in [7, 11) is 1.93. The molecule has 2 fully saturated rings. The number of piperidine rings is 1. The van der Waals surface area contributed by atoms with E-state index in [1.54, 1.807) is 25.4 Å². The zero-order valence-electron chi connectivity index (χ0n) is 22.7. The van der Waals surface area contributed by atoms with E-state index in [0.29, 0.717) is 46.4 Å². The lowest BCUT2D eigenvalue weighted by molar-refractivity contribution is -0.127. The van der Waals surface area contributed by atoms with Gasteiger partial charge in [-0.1, -0.05) is 6.58 Å². The average molecular weight is 550 g/mol. The minimum atomic E-state index is -0.440. The summed E-state index contributed by atoms with van der Waals surface area (Å²) in [6.07, 6.45) is 6.40. The highest BCUT2D eigenvalue weighted by molar-refractivity contribution is 5.88. The summed E-state index contributed by atoms with van der Waals surface area (Å²) < 4.78 is 23.6. The number of aryl methyl sites for hydroxylation is 1. The Balaban J connectivity index is 1.14. The normalized spacial score (nSPS) is 19.7. The van der Waals surface area contributed by atoms with Gasteiger partial charge in [0, 0.05) is 42.9 Å². The number of carbonyl (C=O) groups excluding carboxylic acids is 1. The van der Waals surface area contributed by atoms with Crippen molar-refractivity contribution in [1.29, 1.82) is 0 Å². The molecule has 3 aromatic heterocycles. The average Bonchev–Trinajstić information content (AvgIpc) is 3.71. The monoisotopic (exact) mass is 549 g/mol. The Morgan fingerprint density at radius 1 is 1.12 bits per heavy atom. The standard InChI is InChI=1S/C31H28FN7O2/c1-4-28(40)39-14-18-11-19(39)12-21(18)22-6-7-24-30(36-22)31(34-15-33-24)37-23-8-10-27(17(2)29(23)32)41-20-5-9-26-25(13-20)35-16-38(26)3/h4-10,13,15-16,18-19,21H,1,11-12,14H2,2-3H3,(H,33,34,37)/t18-,19-,21+/m0/s1. The van der Waals surface area contributed by atoms with E-state index >= 15 is 4.39 Å². The number of benzene rings is 2. The molecule has 0 unspecified atom stereocenters. The number of pyridine rings is 1. The van der Waals surface area contributed by atoms with E-state index in [1.165, 1.54) is 12.4 Å². The Morgan fingerprint density at radius 2 is 2.00 bits per heavy atom. The minimum absolute atomic E-state index is 0.00897. The second-order valence-electron chi connectivity index (χ2n) is 10.8. The Bertz CT molecular complexity index is 1850. The molecule has 1 amide bonds. The van der Waals surface area contributed by atoms with Gasteiger partial charge in [-0.05, 0) is 68.2 Å². The van der Waals surface area contributed by atoms with E-state index < -0.39 is 5.82 Å². The molecular formula is C31H28FN7O2. The lowest BCUT2D eigenvalue weighted by atomic mass is 9.90. The molecule has 9 nitrogen and oxygen atoms in total. The van der Waals surface area contributed by atoms with Crippen LogP contribution >= 0.6 is 0 Å². The van der Waals surface area contributed by atoms with Gasteiger partial charge >= 0.3 is 0 Å². The number of aromatic nitrogens is 5. The first-order valence-electron chi connectivity index (χ1n) is 13.6. The largest absolute Gasteiger partial charge is 0.457 e. The first-order valence-corrected chi connectivity index (χ1v) is 13.6. The molecule has 2 bridgehead atoms. The van der Waals surface area contributed by atoms with Crippen LogP contribution in [0.15, 0.2) is 67.8 Å². The number of ether oxygens (including phenoxy) is 1. The zero-order valence-corrected chi connectivity index (χ0v) is 22.7. The van der Waals surface area contributed by atoms with Crippen molar-refractivity contribution in [3.63, 3.8) is 0 Å². The number of rotatable bonds is 6. The van der Waals surface area contributed by atoms with Crippen LogP contribution in [0.2, 0.25) is 0 Å². The van der Waals surface area contributed by atoms with Crippen LogP contribution in [0.4, 0.5) is 15.9 Å². The van der Waals surface area contributed by atoms with Crippen molar-refractivity contribution in [3.05, 3.63) is 84.8 Å². The highest BCUT2D eigenvalue weighted by Crippen LogP contribution is 2.47. The lowest BCUT2D eigenvalue weighted by Gasteiger charge is -2.30. The van der Waals surface area contributed by atoms with Gasteiger partial charge in [-0.2, -0.15) is 0 Å². The van der Waals surface area contributed by atoms with Gasteiger partial charge in [0.2, 0.25) is 5.91 Å². The summed E-state index contributed by atoms with van der Waals surface area (Å²) in [5, 5.41) is 3.13. The zero-order chi connectivity index (χ0) is 28.2. The summed E-state index contributed by atoms with van der Waals surface area (Å²) in [4.78, 5) is 32.2. The van der Waals surface area contributed by atoms with Gasteiger partial charge in [-0.15, -0.1) is 0 Å². The van der Waals surface area contributed by atoms with Crippen LogP contribution in [0.5, 0.6) is 11.5 Å². The van der Waals surface area contributed by atoms with Crippen molar-refractivity contribution in [1.82, 2.24) is 29.4 Å². The van der Waals surface area contributed by atoms with Gasteiger partial charge in [0.25, 0.3) is 0 Å². The smallest absolute Gasteiger partial charge is 0.246 e. The number of amides is 1. The fraction of sp³-hybridized carbons (Fsp3) is 0.258. The first-order chi connectivity index (χ1) is 19.9. The molecule has 5 aromatic rings. The number of imidazole rings is 1. The molecule has 10 heteroatoms. The van der Waals surface area contributed by atoms with E-state index in [0.717, 1.165) is 29.6 Å². The van der Waals surface area contributed by atoms with Crippen LogP contribution in [-0.4, -0.2) is 47.9 Å². The molecule has 1 aliphatic carbocycles. The van der Waals surface area contributed by atoms with Gasteiger partial charge in [-0.3, -0.25) is 4.79 Å². The number of carbonyl (C=O) groups is 1. The van der Waals surface area contributed by atoms with Crippen LogP contribution < -0.4 is 10.1 Å². The molecule has 4 heterocycles. The van der Waals surface area contributed by atoms with E-state index in [9.17, 15) is 4.79 Å². The Hall–Kier alpha value is -4.86. The predicted octanol–water partition coefficient (Wildman–Crippen LogP) is 5.79. The molecule has 1 saturated carbocycles. The van der Waals surface area contributed by atoms with Gasteiger partial charge in [0.1, 0.15) is 23.3 Å². The summed E-state index contributed by atoms with van der Waals surface area (Å²) in [5.41, 5.74) is 4.60. The third-order valence-corrected chi connectivity index (χ3v) is 8.40. The number of hydrogen-bond donors (Lipinski definition) is 1. The fourth-order valence-corrected chi connectivity index (χ4v) is 6.26. The van der Waals surface area contributed by atoms with Crippen LogP contribution in [0.3, 0.4) is 0 Å². The second-order valence-corrected chi connectivity index (χ2v) is 10.8. The molecule has 0 spiro atoms. The third-order valence-electron chi connectivity index (χ3n) is 8.40. The van der Waals surface area contributed by atoms with E-state index in [-0.39, 0.29) is 23.6 Å². The number of nitrogens with zero attached hydrogens (tertiary/aromatic N) is 6. The maximum Gasteiger partial charge on any atom is 0.246 e. The molecule has 206 valence electrons. The molecule has 41 heavy (non-hydrogen) atoms. The molecular weight excluding hydrogens is 521 g/mol. The van der Waals surface area contributed by atoms with Crippen LogP contribution in [0.1, 0.15) is 30.0 Å². The summed E-state index contributed by atoms with van der Waals surface area (Å²) >= 11 is 0. The maximum absolute atomic E-state index is 15.6. The molecule has 1 N–H and O–H groups in total. The van der Waals surface area contributed by atoms with Crippen LogP contribution in [0, 0.1) is 18.7 Å². The van der Waals surface area contributed by atoms with Crippen molar-refractivity contribution in [3.8, 4) is 11.5 Å². The van der Waals surface area contributed by atoms with Crippen molar-refractivity contribution >= 4 is 39.5 Å². The number of nitrogens with one attached hydrogen (secondary N) is 1. The topological polar surface area (TPSA) is 98.1 Å². The summed E-state index contributed by atoms with van der Waals surface area (Å²) in [5.74, 6) is 1.56. The molecule has 2 aromatic carbocycles. The number of halogens is 1. The summed E-state index contributed by atoms with van der Waals surface area (Å²) in [6, 6.07) is 13.1. The second kappa shape index (κ2) is 9.65. The van der Waals surface area contributed by atoms with E-state index in [1.807, 2.05) is 46.8 Å². The molecule has 2 aliphatic rings. The van der Waals surface area contributed by atoms with Crippen molar-refractivity contribution in [2.75, 3.05) is 11.9 Å². The SMILES string of the molecule is C=CC(=O)N1C[C@@H]2C[C@H]1C[C@H]2c1ccc2ncnc(Nc3ccc(Oc4ccc5c(c4)ncn5C)c(C)c3F)c2n1. The molecule has 7 rings (SSSR count). The van der Waals surface area contributed by atoms with Crippen molar-refractivity contribution in [2.24, 2.45) is 13.0 Å². The van der Waals surface area contributed by atoms with Crippen LogP contribution in [0.25, 0.3) is 22.1 Å².